The van der Waals surface area contributed by atoms with Crippen LogP contribution in [0.2, 0.25) is 5.02 Å². The number of nitrogens with one attached hydrogen (secondary N) is 1. The summed E-state index contributed by atoms with van der Waals surface area (Å²) >= 11 is 5.94. The van der Waals surface area contributed by atoms with Gasteiger partial charge in [0, 0.05) is 24.5 Å². The predicted molar refractivity (Wildman–Crippen MR) is 145 cm³/mol. The Kier molecular flexibility index (Phi) is 8.54. The van der Waals surface area contributed by atoms with Gasteiger partial charge >= 0.3 is 5.97 Å². The number of aliphatic carboxylic acids is 1. The topological polar surface area (TPSA) is 123 Å². The normalized spacial score (nSPS) is 19.2. The third kappa shape index (κ3) is 5.48. The molecule has 1 aromatic heterocycles. The zero-order chi connectivity index (χ0) is 27.4. The number of fused-ring (bicyclic) bond motifs is 1. The van der Waals surface area contributed by atoms with E-state index in [0.29, 0.717) is 67.0 Å². The number of halogens is 2. The first kappa shape index (κ1) is 27.8. The Bertz CT molecular complexity index is 1300. The van der Waals surface area contributed by atoms with Gasteiger partial charge in [0.2, 0.25) is 0 Å². The van der Waals surface area contributed by atoms with Crippen LogP contribution in [0.3, 0.4) is 0 Å². The maximum Gasteiger partial charge on any atom is 0.324 e. The Morgan fingerprint density at radius 1 is 1.26 bits per heavy atom. The minimum absolute atomic E-state index is 0.00266. The van der Waals surface area contributed by atoms with E-state index in [1.54, 1.807) is 38.3 Å². The van der Waals surface area contributed by atoms with E-state index in [9.17, 15) is 14.3 Å². The Morgan fingerprint density at radius 2 is 2.00 bits per heavy atom. The van der Waals surface area contributed by atoms with Gasteiger partial charge in [-0.05, 0) is 63.8 Å². The van der Waals surface area contributed by atoms with Crippen molar-refractivity contribution in [3.63, 3.8) is 0 Å². The summed E-state index contributed by atoms with van der Waals surface area (Å²) in [5, 5.41) is 13.7. The van der Waals surface area contributed by atoms with Crippen molar-refractivity contribution in [1.82, 2.24) is 14.9 Å². The van der Waals surface area contributed by atoms with Gasteiger partial charge in [-0.1, -0.05) is 17.7 Å². The molecule has 2 aromatic carbocycles. The first-order valence-electron chi connectivity index (χ1n) is 12.5. The van der Waals surface area contributed by atoms with Gasteiger partial charge < -0.3 is 25.6 Å². The highest BCUT2D eigenvalue weighted by Crippen LogP contribution is 2.40. The molecule has 38 heavy (non-hydrogen) atoms. The van der Waals surface area contributed by atoms with Gasteiger partial charge in [0.25, 0.3) is 0 Å². The summed E-state index contributed by atoms with van der Waals surface area (Å²) in [7, 11) is 3.37. The highest BCUT2D eigenvalue weighted by molar-refractivity contribution is 6.31. The molecule has 1 aliphatic carbocycles. The van der Waals surface area contributed by atoms with Crippen LogP contribution in [0.25, 0.3) is 10.9 Å². The number of aromatic nitrogens is 2. The van der Waals surface area contributed by atoms with Crippen LogP contribution in [-0.2, 0) is 4.79 Å². The van der Waals surface area contributed by atoms with Gasteiger partial charge in [-0.25, -0.2) is 14.4 Å². The van der Waals surface area contributed by atoms with Crippen LogP contribution in [0.4, 0.5) is 15.9 Å². The van der Waals surface area contributed by atoms with E-state index in [2.05, 4.69) is 15.3 Å². The lowest BCUT2D eigenvalue weighted by molar-refractivity contribution is -0.155. The van der Waals surface area contributed by atoms with Crippen LogP contribution in [0.1, 0.15) is 32.6 Å². The molecule has 0 saturated heterocycles. The van der Waals surface area contributed by atoms with Crippen LogP contribution < -0.4 is 20.5 Å². The summed E-state index contributed by atoms with van der Waals surface area (Å²) in [6.07, 6.45) is 4.03. The number of hydrogen-bond acceptors (Lipinski definition) is 8. The molecule has 0 aliphatic heterocycles. The molecule has 11 heteroatoms. The van der Waals surface area contributed by atoms with Crippen LogP contribution in [-0.4, -0.2) is 64.8 Å². The van der Waals surface area contributed by atoms with Gasteiger partial charge in [-0.3, -0.25) is 9.69 Å². The van der Waals surface area contributed by atoms with Crippen molar-refractivity contribution < 1.29 is 23.8 Å². The van der Waals surface area contributed by atoms with E-state index < -0.39 is 17.3 Å². The van der Waals surface area contributed by atoms with Crippen LogP contribution in [0, 0.1) is 11.7 Å². The number of benzene rings is 2. The largest absolute Gasteiger partial charge is 0.493 e. The van der Waals surface area contributed by atoms with E-state index in [1.165, 1.54) is 12.4 Å². The zero-order valence-electron chi connectivity index (χ0n) is 21.7. The lowest BCUT2D eigenvalue weighted by Gasteiger charge is -2.44. The number of likely N-dealkylation sites (N-methyl/N-ethyl adjacent to an activating group) is 1. The van der Waals surface area contributed by atoms with E-state index in [4.69, 9.17) is 26.8 Å². The Labute approximate surface area is 226 Å². The fraction of sp³-hybridized carbons (Fsp3) is 0.444. The number of nitrogens with two attached hydrogens (primary N) is 1. The van der Waals surface area contributed by atoms with Crippen molar-refractivity contribution in [1.29, 1.82) is 0 Å². The third-order valence-corrected chi connectivity index (χ3v) is 7.87. The molecule has 204 valence electrons. The van der Waals surface area contributed by atoms with Crippen molar-refractivity contribution in [3.8, 4) is 11.5 Å². The SMILES string of the molecule is COc1cc2ncnc(Nc3cccc(Cl)c3F)c2cc1OC1CCC(C(C)(C(=O)O)N(C)CCN)CC1. The molecule has 1 unspecified atom stereocenters. The first-order valence-corrected chi connectivity index (χ1v) is 12.9. The first-order chi connectivity index (χ1) is 18.2. The highest BCUT2D eigenvalue weighted by atomic mass is 35.5. The summed E-state index contributed by atoms with van der Waals surface area (Å²) in [6.45, 7) is 2.68. The van der Waals surface area contributed by atoms with E-state index in [-0.39, 0.29) is 22.7 Å². The minimum Gasteiger partial charge on any atom is -0.493 e. The number of ether oxygens (including phenoxy) is 2. The fourth-order valence-electron chi connectivity index (χ4n) is 5.14. The van der Waals surface area contributed by atoms with Crippen molar-refractivity contribution in [2.75, 3.05) is 32.6 Å². The van der Waals surface area contributed by atoms with E-state index >= 15 is 0 Å². The molecule has 1 saturated carbocycles. The zero-order valence-corrected chi connectivity index (χ0v) is 22.5. The summed E-state index contributed by atoms with van der Waals surface area (Å²) < 4.78 is 26.5. The second kappa shape index (κ2) is 11.7. The van der Waals surface area contributed by atoms with Gasteiger partial charge in [-0.15, -0.1) is 0 Å². The summed E-state index contributed by atoms with van der Waals surface area (Å²) in [4.78, 5) is 22.7. The second-order valence-corrected chi connectivity index (χ2v) is 10.1. The number of methoxy groups -OCH3 is 1. The lowest BCUT2D eigenvalue weighted by atomic mass is 9.74. The molecule has 3 aromatic rings. The van der Waals surface area contributed by atoms with Crippen LogP contribution in [0.15, 0.2) is 36.7 Å². The summed E-state index contributed by atoms with van der Waals surface area (Å²) in [5.74, 6) is -0.0389. The average molecular weight is 546 g/mol. The molecule has 1 atom stereocenters. The molecule has 1 fully saturated rings. The predicted octanol–water partition coefficient (Wildman–Crippen LogP) is 4.85. The maximum absolute atomic E-state index is 14.5. The number of carboxylic acids is 1. The molecular formula is C27H33ClFN5O4. The molecule has 4 N–H and O–H groups in total. The quantitative estimate of drug-likeness (QED) is 0.328. The van der Waals surface area contributed by atoms with Gasteiger partial charge in [0.1, 0.15) is 17.7 Å². The van der Waals surface area contributed by atoms with Crippen molar-refractivity contribution in [2.45, 2.75) is 44.2 Å². The molecule has 0 bridgehead atoms. The number of nitrogens with zero attached hydrogens (tertiary/aromatic N) is 3. The van der Waals surface area contributed by atoms with Gasteiger partial charge in [-0.2, -0.15) is 0 Å². The number of rotatable bonds is 10. The molecule has 0 radical (unpaired) electrons. The smallest absolute Gasteiger partial charge is 0.324 e. The molecule has 9 nitrogen and oxygen atoms in total. The molecule has 0 amide bonds. The summed E-state index contributed by atoms with van der Waals surface area (Å²) in [5.41, 5.74) is 5.48. The Morgan fingerprint density at radius 3 is 2.66 bits per heavy atom. The van der Waals surface area contributed by atoms with Crippen LogP contribution >= 0.6 is 11.6 Å². The van der Waals surface area contributed by atoms with Crippen molar-refractivity contribution in [3.05, 3.63) is 47.5 Å². The molecule has 1 aliphatic rings. The summed E-state index contributed by atoms with van der Waals surface area (Å²) in [6, 6.07) is 8.22. The Balaban J connectivity index is 1.56. The second-order valence-electron chi connectivity index (χ2n) is 9.72. The van der Waals surface area contributed by atoms with E-state index in [1.807, 2.05) is 11.9 Å². The maximum atomic E-state index is 14.5. The number of carbonyl (C=O) groups is 1. The number of anilines is 2. The fourth-order valence-corrected chi connectivity index (χ4v) is 5.32. The van der Waals surface area contributed by atoms with E-state index in [0.717, 1.165) is 0 Å². The van der Waals surface area contributed by atoms with Gasteiger partial charge in [0.05, 0.1) is 29.4 Å². The highest BCUT2D eigenvalue weighted by Gasteiger charge is 2.46. The number of hydrogen-bond donors (Lipinski definition) is 3. The lowest BCUT2D eigenvalue weighted by Crippen LogP contribution is -2.57. The third-order valence-electron chi connectivity index (χ3n) is 7.58. The standard InChI is InChI=1S/C27H33ClFN5O4/c1-27(26(35)36,34(2)12-11-30)16-7-9-17(10-8-16)38-23-13-18-21(14-22(23)37-3)31-15-32-25(18)33-20-6-4-5-19(28)24(20)29/h4-6,13-17H,7-12,30H2,1-3H3,(H,35,36)(H,31,32,33). The van der Waals surface area contributed by atoms with Crippen molar-refractivity contribution in [2.24, 2.45) is 11.7 Å². The molecule has 0 spiro atoms. The molecule has 1 heterocycles. The number of carboxylic acid groups (broad SMARTS) is 1. The molecule has 4 rings (SSSR count). The monoisotopic (exact) mass is 545 g/mol. The average Bonchev–Trinajstić information content (AvgIpc) is 2.91. The Hall–Kier alpha value is -3.21. The minimum atomic E-state index is -1.00. The van der Waals surface area contributed by atoms with Crippen LogP contribution in [0.5, 0.6) is 11.5 Å². The van der Waals surface area contributed by atoms with Crippen molar-refractivity contribution >= 4 is 40.0 Å². The molecular weight excluding hydrogens is 513 g/mol. The van der Waals surface area contributed by atoms with Gasteiger partial charge in [0.15, 0.2) is 17.3 Å².